The molecule has 1 aliphatic heterocycles. The van der Waals surface area contributed by atoms with E-state index < -0.39 is 24.0 Å². The minimum absolute atomic E-state index is 0.0645. The van der Waals surface area contributed by atoms with Crippen molar-refractivity contribution in [2.45, 2.75) is 56.7 Å². The van der Waals surface area contributed by atoms with Crippen LogP contribution in [0.15, 0.2) is 24.3 Å². The van der Waals surface area contributed by atoms with Crippen LogP contribution in [0.5, 0.6) is 5.75 Å². The lowest BCUT2D eigenvalue weighted by Gasteiger charge is -2.23. The number of carboxylic acid groups (broad SMARTS) is 1. The fourth-order valence-corrected chi connectivity index (χ4v) is 3.28. The van der Waals surface area contributed by atoms with Crippen LogP contribution in [0.3, 0.4) is 0 Å². The van der Waals surface area contributed by atoms with Gasteiger partial charge in [-0.15, -0.1) is 0 Å². The molecule has 3 unspecified atom stereocenters. The van der Waals surface area contributed by atoms with E-state index in [-0.39, 0.29) is 24.1 Å². The minimum atomic E-state index is -1.17. The Morgan fingerprint density at radius 1 is 1.14 bits per heavy atom. The Balaban J connectivity index is 2.02. The lowest BCUT2D eigenvalue weighted by Crippen LogP contribution is -2.54. The van der Waals surface area contributed by atoms with E-state index >= 15 is 0 Å². The van der Waals surface area contributed by atoms with Crippen molar-refractivity contribution in [2.24, 2.45) is 5.73 Å². The number of rotatable bonds is 11. The van der Waals surface area contributed by atoms with Crippen LogP contribution in [-0.2, 0) is 20.8 Å². The first-order valence-corrected chi connectivity index (χ1v) is 9.95. The minimum Gasteiger partial charge on any atom is -0.508 e. The summed E-state index contributed by atoms with van der Waals surface area (Å²) in [5.74, 6) is -1.87. The molecule has 1 heterocycles. The van der Waals surface area contributed by atoms with Gasteiger partial charge < -0.3 is 31.9 Å². The number of phenolic OH excluding ortho intramolecular Hbond substituents is 1. The highest BCUT2D eigenvalue weighted by Gasteiger charge is 2.29. The highest BCUT2D eigenvalue weighted by atomic mass is 16.4. The molecule has 9 heteroatoms. The van der Waals surface area contributed by atoms with Crippen LogP contribution in [0.4, 0.5) is 0 Å². The average Bonchev–Trinajstić information content (AvgIpc) is 3.23. The van der Waals surface area contributed by atoms with Gasteiger partial charge in [0.15, 0.2) is 0 Å². The number of hydrogen-bond donors (Lipinski definition) is 6. The monoisotopic (exact) mass is 406 g/mol. The maximum Gasteiger partial charge on any atom is 0.326 e. The van der Waals surface area contributed by atoms with Gasteiger partial charge in [-0.1, -0.05) is 12.1 Å². The van der Waals surface area contributed by atoms with Crippen molar-refractivity contribution >= 4 is 17.8 Å². The van der Waals surface area contributed by atoms with Gasteiger partial charge in [-0.05, 0) is 62.9 Å². The van der Waals surface area contributed by atoms with Gasteiger partial charge >= 0.3 is 5.97 Å². The molecule has 0 aliphatic carbocycles. The fraction of sp³-hybridized carbons (Fsp3) is 0.550. The molecule has 9 nitrogen and oxygen atoms in total. The van der Waals surface area contributed by atoms with Gasteiger partial charge in [0.1, 0.15) is 17.8 Å². The number of amides is 2. The molecular formula is C20H30N4O5. The molecule has 0 saturated carbocycles. The van der Waals surface area contributed by atoms with Crippen molar-refractivity contribution in [3.63, 3.8) is 0 Å². The van der Waals surface area contributed by atoms with Crippen molar-refractivity contribution in [3.05, 3.63) is 29.8 Å². The highest BCUT2D eigenvalue weighted by molar-refractivity contribution is 5.92. The molecular weight excluding hydrogens is 376 g/mol. The van der Waals surface area contributed by atoms with Gasteiger partial charge in [-0.3, -0.25) is 9.59 Å². The van der Waals surface area contributed by atoms with E-state index in [0.29, 0.717) is 37.8 Å². The topological polar surface area (TPSA) is 154 Å². The zero-order chi connectivity index (χ0) is 21.2. The molecule has 1 fully saturated rings. The number of aromatic hydroxyl groups is 1. The van der Waals surface area contributed by atoms with Gasteiger partial charge in [-0.2, -0.15) is 0 Å². The molecule has 29 heavy (non-hydrogen) atoms. The van der Waals surface area contributed by atoms with E-state index in [2.05, 4.69) is 16.0 Å². The summed E-state index contributed by atoms with van der Waals surface area (Å²) in [6.07, 6.45) is 3.40. The van der Waals surface area contributed by atoms with Crippen LogP contribution >= 0.6 is 0 Å². The summed E-state index contributed by atoms with van der Waals surface area (Å²) in [5.41, 5.74) is 6.18. The van der Waals surface area contributed by atoms with E-state index in [4.69, 9.17) is 5.73 Å². The molecule has 2 rings (SSSR count). The molecule has 0 spiro atoms. The lowest BCUT2D eigenvalue weighted by atomic mass is 10.0. The standard InChI is InChI=1S/C20H30N4O5/c21-10-2-1-4-16(23-18(26)15-5-3-11-22-15)19(27)24-17(20(28)29)12-13-6-8-14(25)9-7-13/h6-9,15-17,22,25H,1-5,10-12,21H2,(H,23,26)(H,24,27)(H,28,29). The largest absolute Gasteiger partial charge is 0.508 e. The zero-order valence-electron chi connectivity index (χ0n) is 16.4. The molecule has 160 valence electrons. The summed E-state index contributed by atoms with van der Waals surface area (Å²) in [4.78, 5) is 36.8. The number of aliphatic carboxylic acids is 1. The Kier molecular flexibility index (Phi) is 8.88. The summed E-state index contributed by atoms with van der Waals surface area (Å²) in [6, 6.07) is 3.82. The number of nitrogens with one attached hydrogen (secondary N) is 3. The quantitative estimate of drug-likeness (QED) is 0.280. The molecule has 1 aromatic rings. The third kappa shape index (κ3) is 7.35. The van der Waals surface area contributed by atoms with Crippen LogP contribution in [0.25, 0.3) is 0 Å². The number of carboxylic acids is 1. The Morgan fingerprint density at radius 2 is 1.86 bits per heavy atom. The fourth-order valence-electron chi connectivity index (χ4n) is 3.28. The summed E-state index contributed by atoms with van der Waals surface area (Å²) < 4.78 is 0. The molecule has 2 amide bonds. The van der Waals surface area contributed by atoms with Crippen molar-refractivity contribution in [1.29, 1.82) is 0 Å². The third-order valence-corrected chi connectivity index (χ3v) is 4.95. The number of phenols is 1. The summed E-state index contributed by atoms with van der Waals surface area (Å²) in [5, 5.41) is 27.2. The lowest BCUT2D eigenvalue weighted by molar-refractivity contribution is -0.142. The number of nitrogens with two attached hydrogens (primary N) is 1. The maximum atomic E-state index is 12.8. The van der Waals surface area contributed by atoms with Gasteiger partial charge in [-0.25, -0.2) is 4.79 Å². The van der Waals surface area contributed by atoms with Gasteiger partial charge in [0.2, 0.25) is 11.8 Å². The smallest absolute Gasteiger partial charge is 0.326 e. The van der Waals surface area contributed by atoms with E-state index in [1.165, 1.54) is 12.1 Å². The number of hydrogen-bond acceptors (Lipinski definition) is 6. The van der Waals surface area contributed by atoms with Gasteiger partial charge in [0.25, 0.3) is 0 Å². The van der Waals surface area contributed by atoms with E-state index in [9.17, 15) is 24.6 Å². The Hall–Kier alpha value is -2.65. The average molecular weight is 406 g/mol. The highest BCUT2D eigenvalue weighted by Crippen LogP contribution is 2.12. The van der Waals surface area contributed by atoms with Crippen LogP contribution in [0.1, 0.15) is 37.7 Å². The second-order valence-electron chi connectivity index (χ2n) is 7.26. The van der Waals surface area contributed by atoms with Gasteiger partial charge in [0.05, 0.1) is 6.04 Å². The van der Waals surface area contributed by atoms with Crippen molar-refractivity contribution in [2.75, 3.05) is 13.1 Å². The number of unbranched alkanes of at least 4 members (excludes halogenated alkanes) is 1. The predicted molar refractivity (Wildman–Crippen MR) is 107 cm³/mol. The van der Waals surface area contributed by atoms with Crippen LogP contribution in [0, 0.1) is 0 Å². The normalized spacial score (nSPS) is 18.0. The van der Waals surface area contributed by atoms with Crippen LogP contribution in [0.2, 0.25) is 0 Å². The first-order valence-electron chi connectivity index (χ1n) is 9.95. The Bertz CT molecular complexity index is 689. The summed E-state index contributed by atoms with van der Waals surface area (Å²) in [7, 11) is 0. The van der Waals surface area contributed by atoms with Crippen molar-refractivity contribution in [1.82, 2.24) is 16.0 Å². The maximum absolute atomic E-state index is 12.8. The molecule has 1 aromatic carbocycles. The van der Waals surface area contributed by atoms with E-state index in [1.54, 1.807) is 12.1 Å². The molecule has 0 radical (unpaired) electrons. The molecule has 0 aromatic heterocycles. The first kappa shape index (κ1) is 22.6. The summed E-state index contributed by atoms with van der Waals surface area (Å²) >= 11 is 0. The number of carbonyl (C=O) groups excluding carboxylic acids is 2. The Morgan fingerprint density at radius 3 is 2.45 bits per heavy atom. The molecule has 3 atom stereocenters. The predicted octanol–water partition coefficient (Wildman–Crippen LogP) is -0.130. The zero-order valence-corrected chi connectivity index (χ0v) is 16.4. The van der Waals surface area contributed by atoms with E-state index in [1.807, 2.05) is 0 Å². The van der Waals surface area contributed by atoms with E-state index in [0.717, 1.165) is 13.0 Å². The van der Waals surface area contributed by atoms with Crippen LogP contribution in [-0.4, -0.2) is 59.2 Å². The van der Waals surface area contributed by atoms with Crippen molar-refractivity contribution in [3.8, 4) is 5.75 Å². The second kappa shape index (κ2) is 11.4. The van der Waals surface area contributed by atoms with Gasteiger partial charge in [0, 0.05) is 6.42 Å². The first-order chi connectivity index (χ1) is 13.9. The summed E-state index contributed by atoms with van der Waals surface area (Å²) in [6.45, 7) is 1.24. The number of benzene rings is 1. The second-order valence-corrected chi connectivity index (χ2v) is 7.26. The van der Waals surface area contributed by atoms with Crippen LogP contribution < -0.4 is 21.7 Å². The van der Waals surface area contributed by atoms with Crippen molar-refractivity contribution < 1.29 is 24.6 Å². The number of carbonyl (C=O) groups is 3. The molecule has 7 N–H and O–H groups in total. The SMILES string of the molecule is NCCCCC(NC(=O)C1CCCN1)C(=O)NC(Cc1ccc(O)cc1)C(=O)O. The molecule has 1 aliphatic rings. The Labute approximate surface area is 170 Å². The third-order valence-electron chi connectivity index (χ3n) is 4.95. The molecule has 1 saturated heterocycles. The molecule has 0 bridgehead atoms.